The van der Waals surface area contributed by atoms with Gasteiger partial charge in [0.1, 0.15) is 10.6 Å². The van der Waals surface area contributed by atoms with Crippen LogP contribution in [-0.4, -0.2) is 29.0 Å². The van der Waals surface area contributed by atoms with Gasteiger partial charge in [-0.15, -0.1) is 0 Å². The highest BCUT2D eigenvalue weighted by atomic mass is 79.9. The summed E-state index contributed by atoms with van der Waals surface area (Å²) in [5.41, 5.74) is -0.0578. The first kappa shape index (κ1) is 16.0. The van der Waals surface area contributed by atoms with Crippen molar-refractivity contribution in [2.24, 2.45) is 0 Å². The molecule has 0 amide bonds. The lowest BCUT2D eigenvalue weighted by Gasteiger charge is -2.03. The van der Waals surface area contributed by atoms with Crippen molar-refractivity contribution in [1.82, 2.24) is 9.55 Å². The van der Waals surface area contributed by atoms with Crippen molar-refractivity contribution in [2.45, 2.75) is 24.8 Å². The number of carboxylic acids is 1. The second kappa shape index (κ2) is 6.16. The summed E-state index contributed by atoms with van der Waals surface area (Å²) in [7, 11) is -3.86. The number of hydrogen-bond donors (Lipinski definition) is 2. The molecule has 0 aliphatic rings. The number of carbonyl (C=O) groups is 1. The van der Waals surface area contributed by atoms with Gasteiger partial charge in [-0.1, -0.05) is 18.3 Å². The maximum atomic E-state index is 12.2. The number of aromatic nitrogens is 2. The molecule has 0 atom stereocenters. The van der Waals surface area contributed by atoms with Crippen molar-refractivity contribution in [3.05, 3.63) is 27.9 Å². The second-order valence-corrected chi connectivity index (χ2v) is 8.23. The molecule has 21 heavy (non-hydrogen) atoms. The number of nitrogens with zero attached hydrogens (tertiary/aromatic N) is 2. The monoisotopic (exact) mass is 393 g/mol. The number of sulfonamides is 1. The summed E-state index contributed by atoms with van der Waals surface area (Å²) in [6.45, 7) is 2.31. The number of halogens is 1. The highest BCUT2D eigenvalue weighted by molar-refractivity contribution is 9.11. The average Bonchev–Trinajstić information content (AvgIpc) is 2.96. The zero-order valence-electron chi connectivity index (χ0n) is 10.9. The van der Waals surface area contributed by atoms with Gasteiger partial charge in [0.2, 0.25) is 0 Å². The molecule has 2 aromatic heterocycles. The fourth-order valence-corrected chi connectivity index (χ4v) is 4.10. The Bertz CT molecular complexity index is 766. The molecule has 0 aliphatic heterocycles. The summed E-state index contributed by atoms with van der Waals surface area (Å²) in [5.74, 6) is -1.16. The quantitative estimate of drug-likeness (QED) is 0.785. The summed E-state index contributed by atoms with van der Waals surface area (Å²) in [6, 6.07) is 1.14. The fraction of sp³-hybridized carbons (Fsp3) is 0.273. The molecule has 10 heteroatoms. The van der Waals surface area contributed by atoms with Crippen molar-refractivity contribution in [3.63, 3.8) is 0 Å². The van der Waals surface area contributed by atoms with Gasteiger partial charge in [-0.05, 0) is 28.4 Å². The SMILES string of the molecule is CCCn1cc(S(=O)(=O)Nc2ncc(Br)s2)cc1C(=O)O. The molecule has 0 aromatic carbocycles. The predicted octanol–water partition coefficient (Wildman–Crippen LogP) is 2.62. The number of aromatic carboxylic acids is 1. The normalized spacial score (nSPS) is 11.5. The van der Waals surface area contributed by atoms with Crippen LogP contribution in [0.3, 0.4) is 0 Å². The molecule has 0 bridgehead atoms. The number of hydrogen-bond acceptors (Lipinski definition) is 5. The van der Waals surface area contributed by atoms with Crippen LogP contribution in [0.1, 0.15) is 23.8 Å². The molecule has 0 fully saturated rings. The second-order valence-electron chi connectivity index (χ2n) is 4.13. The number of anilines is 1. The number of rotatable bonds is 6. The van der Waals surface area contributed by atoms with E-state index in [1.807, 2.05) is 6.92 Å². The van der Waals surface area contributed by atoms with Gasteiger partial charge in [0.25, 0.3) is 10.0 Å². The molecule has 2 aromatic rings. The van der Waals surface area contributed by atoms with Crippen molar-refractivity contribution in [3.8, 4) is 0 Å². The molecule has 0 spiro atoms. The molecule has 0 saturated heterocycles. The Balaban J connectivity index is 2.35. The zero-order valence-corrected chi connectivity index (χ0v) is 14.1. The van der Waals surface area contributed by atoms with Crippen molar-refractivity contribution < 1.29 is 18.3 Å². The first-order valence-electron chi connectivity index (χ1n) is 5.91. The Morgan fingerprint density at radius 2 is 2.29 bits per heavy atom. The Hall–Kier alpha value is -1.39. The first-order chi connectivity index (χ1) is 9.83. The van der Waals surface area contributed by atoms with Gasteiger partial charge in [0.15, 0.2) is 5.13 Å². The van der Waals surface area contributed by atoms with Gasteiger partial charge in [0.05, 0.1) is 9.98 Å². The lowest BCUT2D eigenvalue weighted by molar-refractivity contribution is 0.0685. The van der Waals surface area contributed by atoms with Crippen LogP contribution in [-0.2, 0) is 16.6 Å². The highest BCUT2D eigenvalue weighted by Crippen LogP contribution is 2.26. The minimum Gasteiger partial charge on any atom is -0.477 e. The molecule has 0 radical (unpaired) electrons. The Morgan fingerprint density at radius 1 is 1.57 bits per heavy atom. The third kappa shape index (κ3) is 3.63. The Kier molecular flexibility index (Phi) is 4.69. The van der Waals surface area contributed by atoms with Crippen LogP contribution in [0.15, 0.2) is 27.1 Å². The van der Waals surface area contributed by atoms with Crippen LogP contribution in [0.4, 0.5) is 5.13 Å². The lowest BCUT2D eigenvalue weighted by atomic mass is 10.4. The molecule has 2 N–H and O–H groups in total. The number of aryl methyl sites for hydroxylation is 1. The van der Waals surface area contributed by atoms with E-state index >= 15 is 0 Å². The van der Waals surface area contributed by atoms with Crippen LogP contribution in [0.5, 0.6) is 0 Å². The van der Waals surface area contributed by atoms with E-state index in [1.54, 1.807) is 0 Å². The van der Waals surface area contributed by atoms with Crippen LogP contribution in [0, 0.1) is 0 Å². The van der Waals surface area contributed by atoms with Crippen molar-refractivity contribution in [2.75, 3.05) is 4.72 Å². The van der Waals surface area contributed by atoms with Crippen molar-refractivity contribution >= 4 is 48.4 Å². The average molecular weight is 394 g/mol. The summed E-state index contributed by atoms with van der Waals surface area (Å²) in [5, 5.41) is 9.32. The van der Waals surface area contributed by atoms with Gasteiger partial charge >= 0.3 is 5.97 Å². The molecule has 2 heterocycles. The molecule has 114 valence electrons. The van der Waals surface area contributed by atoms with E-state index in [9.17, 15) is 13.2 Å². The summed E-state index contributed by atoms with van der Waals surface area (Å²) >= 11 is 4.32. The van der Waals surface area contributed by atoms with E-state index in [1.165, 1.54) is 17.0 Å². The van der Waals surface area contributed by atoms with Crippen LogP contribution in [0.2, 0.25) is 0 Å². The van der Waals surface area contributed by atoms with E-state index in [0.29, 0.717) is 16.8 Å². The minimum absolute atomic E-state index is 0.0578. The van der Waals surface area contributed by atoms with Crippen LogP contribution >= 0.6 is 27.3 Å². The molecule has 2 rings (SSSR count). The van der Waals surface area contributed by atoms with Crippen LogP contribution in [0.25, 0.3) is 0 Å². The number of nitrogens with one attached hydrogen (secondary N) is 1. The van der Waals surface area contributed by atoms with Gasteiger partial charge < -0.3 is 9.67 Å². The lowest BCUT2D eigenvalue weighted by Crippen LogP contribution is -2.12. The minimum atomic E-state index is -3.86. The zero-order chi connectivity index (χ0) is 15.6. The molecular weight excluding hydrogens is 382 g/mol. The highest BCUT2D eigenvalue weighted by Gasteiger charge is 2.22. The summed E-state index contributed by atoms with van der Waals surface area (Å²) in [6.07, 6.45) is 3.49. The maximum absolute atomic E-state index is 12.2. The Labute approximate surface area is 133 Å². The predicted molar refractivity (Wildman–Crippen MR) is 82.3 cm³/mol. The van der Waals surface area contributed by atoms with Gasteiger partial charge in [-0.3, -0.25) is 4.72 Å². The molecule has 0 aliphatic carbocycles. The molecular formula is C11H12BrN3O4S2. The maximum Gasteiger partial charge on any atom is 0.352 e. The smallest absolute Gasteiger partial charge is 0.352 e. The topological polar surface area (TPSA) is 101 Å². The van der Waals surface area contributed by atoms with E-state index < -0.39 is 16.0 Å². The Morgan fingerprint density at radius 3 is 2.81 bits per heavy atom. The first-order valence-corrected chi connectivity index (χ1v) is 9.00. The largest absolute Gasteiger partial charge is 0.477 e. The summed E-state index contributed by atoms with van der Waals surface area (Å²) in [4.78, 5) is 14.9. The molecule has 0 saturated carbocycles. The van der Waals surface area contributed by atoms with E-state index in [0.717, 1.165) is 17.4 Å². The van der Waals surface area contributed by atoms with Crippen molar-refractivity contribution in [1.29, 1.82) is 0 Å². The van der Waals surface area contributed by atoms with E-state index in [4.69, 9.17) is 5.11 Å². The fourth-order valence-electron chi connectivity index (χ4n) is 1.71. The summed E-state index contributed by atoms with van der Waals surface area (Å²) < 4.78 is 28.9. The van der Waals surface area contributed by atoms with E-state index in [-0.39, 0.29) is 15.7 Å². The van der Waals surface area contributed by atoms with E-state index in [2.05, 4.69) is 25.6 Å². The molecule has 7 nitrogen and oxygen atoms in total. The number of carboxylic acid groups (broad SMARTS) is 1. The van der Waals surface area contributed by atoms with Gasteiger partial charge in [-0.2, -0.15) is 0 Å². The van der Waals surface area contributed by atoms with Gasteiger partial charge in [-0.25, -0.2) is 18.2 Å². The third-order valence-electron chi connectivity index (χ3n) is 2.56. The van der Waals surface area contributed by atoms with Crippen LogP contribution < -0.4 is 4.72 Å². The standard InChI is InChI=1S/C11H12BrN3O4S2/c1-2-3-15-6-7(4-8(15)10(16)17)21(18,19)14-11-13-5-9(12)20-11/h4-6H,2-3H2,1H3,(H,13,14)(H,16,17). The number of thiazole rings is 1. The molecule has 0 unspecified atom stereocenters. The third-order valence-corrected chi connectivity index (χ3v) is 5.39. The van der Waals surface area contributed by atoms with Gasteiger partial charge in [0, 0.05) is 12.7 Å².